The molecule has 8 heteroatoms. The van der Waals surface area contributed by atoms with E-state index in [2.05, 4.69) is 5.10 Å². The minimum Gasteiger partial charge on any atom is -0.481 e. The van der Waals surface area contributed by atoms with Gasteiger partial charge >= 0.3 is 5.97 Å². The zero-order valence-electron chi connectivity index (χ0n) is 13.4. The lowest BCUT2D eigenvalue weighted by atomic mass is 10.2. The lowest BCUT2D eigenvalue weighted by Gasteiger charge is -2.19. The molecular weight excluding hydrogens is 395 g/mol. The topological polar surface area (TPSA) is 70.0 Å². The highest BCUT2D eigenvalue weighted by molar-refractivity contribution is 8.01. The summed E-state index contributed by atoms with van der Waals surface area (Å²) >= 11 is 13.6. The maximum Gasteiger partial charge on any atom is 0.305 e. The van der Waals surface area contributed by atoms with Gasteiger partial charge in [0, 0.05) is 21.2 Å². The summed E-state index contributed by atoms with van der Waals surface area (Å²) in [7, 11) is 0. The largest absolute Gasteiger partial charge is 0.481 e. The second kappa shape index (κ2) is 8.12. The molecule has 0 spiro atoms. The highest BCUT2D eigenvalue weighted by Gasteiger charge is 2.43. The Morgan fingerprint density at radius 3 is 2.46 bits per heavy atom. The van der Waals surface area contributed by atoms with Crippen LogP contribution in [-0.4, -0.2) is 33.5 Å². The van der Waals surface area contributed by atoms with Gasteiger partial charge in [0.05, 0.1) is 17.9 Å². The summed E-state index contributed by atoms with van der Waals surface area (Å²) in [6.45, 7) is 0. The second-order valence-corrected chi connectivity index (χ2v) is 7.65. The number of carbonyl (C=O) groups excluding carboxylic acids is 1. The van der Waals surface area contributed by atoms with Gasteiger partial charge in [-0.2, -0.15) is 5.10 Å². The number of amides is 1. The lowest BCUT2D eigenvalue weighted by molar-refractivity contribution is -0.140. The molecule has 5 nitrogen and oxygen atoms in total. The maximum absolute atomic E-state index is 12.7. The Morgan fingerprint density at radius 2 is 1.81 bits per heavy atom. The molecule has 26 heavy (non-hydrogen) atoms. The predicted molar refractivity (Wildman–Crippen MR) is 104 cm³/mol. The quantitative estimate of drug-likeness (QED) is 0.742. The third kappa shape index (κ3) is 4.03. The second-order valence-electron chi connectivity index (χ2n) is 5.55. The Balaban J connectivity index is 1.95. The van der Waals surface area contributed by atoms with Crippen LogP contribution in [0.4, 0.5) is 0 Å². The third-order valence-electron chi connectivity index (χ3n) is 3.77. The summed E-state index contributed by atoms with van der Waals surface area (Å²) in [6, 6.07) is 14.2. The molecule has 0 aliphatic carbocycles. The fourth-order valence-corrected chi connectivity index (χ4v) is 4.42. The molecule has 2 atom stereocenters. The number of hydrogen-bond donors (Lipinski definition) is 1. The minimum absolute atomic E-state index is 0.275. The van der Waals surface area contributed by atoms with Crippen LogP contribution in [0.25, 0.3) is 0 Å². The Hall–Kier alpha value is -2.02. The van der Waals surface area contributed by atoms with Crippen LogP contribution in [0.5, 0.6) is 0 Å². The van der Waals surface area contributed by atoms with Crippen LogP contribution in [0.1, 0.15) is 22.9 Å². The fourth-order valence-electron chi connectivity index (χ4n) is 2.53. The first-order valence-electron chi connectivity index (χ1n) is 7.70. The standard InChI is InChI=1S/C18H14Cl2N2O3S/c19-13-7-3-1-5-11(13)10-21-22-17(25)15(9-16(23)24)26-18(22)12-6-2-4-8-14(12)20/h1-8,10,15,18H,9H2,(H,23,24)/b21-10+. The van der Waals surface area contributed by atoms with Gasteiger partial charge in [-0.1, -0.05) is 59.6 Å². The summed E-state index contributed by atoms with van der Waals surface area (Å²) in [5.41, 5.74) is 1.36. The number of carboxylic acid groups (broad SMARTS) is 1. The minimum atomic E-state index is -1.04. The maximum atomic E-state index is 12.7. The molecule has 1 fully saturated rings. The van der Waals surface area contributed by atoms with Crippen LogP contribution in [0, 0.1) is 0 Å². The number of carboxylic acids is 1. The number of benzene rings is 2. The summed E-state index contributed by atoms with van der Waals surface area (Å²) < 4.78 is 0. The Kier molecular flexibility index (Phi) is 5.86. The normalized spacial score (nSPS) is 20.1. The molecule has 0 aromatic heterocycles. The van der Waals surface area contributed by atoms with E-state index in [9.17, 15) is 9.59 Å². The molecule has 2 unspecified atom stereocenters. The van der Waals surface area contributed by atoms with Gasteiger partial charge in [0.2, 0.25) is 0 Å². The van der Waals surface area contributed by atoms with Crippen molar-refractivity contribution in [3.05, 3.63) is 69.7 Å². The summed E-state index contributed by atoms with van der Waals surface area (Å²) in [6.07, 6.45) is 1.22. The van der Waals surface area contributed by atoms with Gasteiger partial charge in [-0.15, -0.1) is 11.8 Å². The molecule has 134 valence electrons. The molecule has 1 saturated heterocycles. The van der Waals surface area contributed by atoms with Crippen LogP contribution in [0.2, 0.25) is 10.0 Å². The highest BCUT2D eigenvalue weighted by Crippen LogP contribution is 2.46. The molecule has 2 aromatic carbocycles. The highest BCUT2D eigenvalue weighted by atomic mass is 35.5. The predicted octanol–water partition coefficient (Wildman–Crippen LogP) is 4.44. The molecule has 1 heterocycles. The number of aliphatic carboxylic acids is 1. The van der Waals surface area contributed by atoms with Crippen molar-refractivity contribution in [2.45, 2.75) is 17.0 Å². The first kappa shape index (κ1) is 18.8. The van der Waals surface area contributed by atoms with E-state index in [1.165, 1.54) is 23.0 Å². The average molecular weight is 409 g/mol. The summed E-state index contributed by atoms with van der Waals surface area (Å²) in [5.74, 6) is -1.41. The van der Waals surface area contributed by atoms with E-state index in [0.717, 1.165) is 0 Å². The van der Waals surface area contributed by atoms with E-state index < -0.39 is 16.6 Å². The molecule has 1 N–H and O–H groups in total. The van der Waals surface area contributed by atoms with E-state index in [-0.39, 0.29) is 12.3 Å². The molecule has 0 bridgehead atoms. The summed E-state index contributed by atoms with van der Waals surface area (Å²) in [5, 5.41) is 14.4. The first-order valence-corrected chi connectivity index (χ1v) is 9.40. The van der Waals surface area contributed by atoms with Crippen LogP contribution >= 0.6 is 35.0 Å². The van der Waals surface area contributed by atoms with Crippen molar-refractivity contribution in [2.24, 2.45) is 5.10 Å². The zero-order valence-corrected chi connectivity index (χ0v) is 15.7. The van der Waals surface area contributed by atoms with Crippen molar-refractivity contribution in [1.29, 1.82) is 0 Å². The first-order chi connectivity index (χ1) is 12.5. The molecule has 1 amide bonds. The number of halogens is 2. The van der Waals surface area contributed by atoms with Crippen molar-refractivity contribution >= 4 is 53.1 Å². The SMILES string of the molecule is O=C(O)CC1SC(c2ccccc2Cl)N(/N=C/c2ccccc2Cl)C1=O. The fraction of sp³-hybridized carbons (Fsp3) is 0.167. The lowest BCUT2D eigenvalue weighted by Crippen LogP contribution is -2.28. The molecule has 3 rings (SSSR count). The molecule has 2 aromatic rings. The van der Waals surface area contributed by atoms with Crippen LogP contribution < -0.4 is 0 Å². The van der Waals surface area contributed by atoms with Gasteiger partial charge in [0.25, 0.3) is 5.91 Å². The van der Waals surface area contributed by atoms with Gasteiger partial charge in [-0.05, 0) is 12.1 Å². The number of carbonyl (C=O) groups is 2. The zero-order chi connectivity index (χ0) is 18.7. The van der Waals surface area contributed by atoms with Crippen molar-refractivity contribution in [2.75, 3.05) is 0 Å². The molecule has 0 radical (unpaired) electrons. The van der Waals surface area contributed by atoms with Gasteiger partial charge in [-0.3, -0.25) is 9.59 Å². The van der Waals surface area contributed by atoms with E-state index in [1.54, 1.807) is 36.4 Å². The summed E-state index contributed by atoms with van der Waals surface area (Å²) in [4.78, 5) is 23.8. The smallest absolute Gasteiger partial charge is 0.305 e. The Bertz CT molecular complexity index is 875. The van der Waals surface area contributed by atoms with Crippen molar-refractivity contribution in [1.82, 2.24) is 5.01 Å². The monoisotopic (exact) mass is 408 g/mol. The third-order valence-corrected chi connectivity index (χ3v) is 5.87. The molecule has 0 saturated carbocycles. The van der Waals surface area contributed by atoms with Crippen molar-refractivity contribution < 1.29 is 14.7 Å². The van der Waals surface area contributed by atoms with Crippen LogP contribution in [0.15, 0.2) is 53.6 Å². The Labute approximate surface area is 164 Å². The molecular formula is C18H14Cl2N2O3S. The number of hydrogen-bond acceptors (Lipinski definition) is 4. The van der Waals surface area contributed by atoms with Crippen molar-refractivity contribution in [3.8, 4) is 0 Å². The number of thioether (sulfide) groups is 1. The van der Waals surface area contributed by atoms with E-state index in [0.29, 0.717) is 21.2 Å². The van der Waals surface area contributed by atoms with Crippen LogP contribution in [0.3, 0.4) is 0 Å². The molecule has 1 aliphatic rings. The van der Waals surface area contributed by atoms with Gasteiger partial charge < -0.3 is 5.11 Å². The van der Waals surface area contributed by atoms with E-state index >= 15 is 0 Å². The van der Waals surface area contributed by atoms with Gasteiger partial charge in [0.15, 0.2) is 0 Å². The Morgan fingerprint density at radius 1 is 1.15 bits per heavy atom. The molecule has 1 aliphatic heterocycles. The average Bonchev–Trinajstić information content (AvgIpc) is 2.90. The van der Waals surface area contributed by atoms with Gasteiger partial charge in [-0.25, -0.2) is 5.01 Å². The number of rotatable bonds is 5. The number of hydrazone groups is 1. The van der Waals surface area contributed by atoms with E-state index in [1.807, 2.05) is 12.1 Å². The van der Waals surface area contributed by atoms with Crippen molar-refractivity contribution in [3.63, 3.8) is 0 Å². The van der Waals surface area contributed by atoms with Gasteiger partial charge in [0.1, 0.15) is 5.37 Å². The van der Waals surface area contributed by atoms with Crippen LogP contribution in [-0.2, 0) is 9.59 Å². The van der Waals surface area contributed by atoms with E-state index in [4.69, 9.17) is 28.3 Å². The number of nitrogens with zero attached hydrogens (tertiary/aromatic N) is 2.